The van der Waals surface area contributed by atoms with Crippen LogP contribution >= 0.6 is 11.8 Å². The Hall–Kier alpha value is -1.50. The molecule has 0 saturated heterocycles. The van der Waals surface area contributed by atoms with Gasteiger partial charge in [0.15, 0.2) is 5.16 Å². The minimum atomic E-state index is 0.0910. The highest BCUT2D eigenvalue weighted by Crippen LogP contribution is 2.19. The standard InChI is InChI=1S/C14H25N5OS/c1-5-9(3)19(10(4)6-2)13(20)8-21-14-17-11(15)7-12(16)18-14/h7,9-10H,5-6,8H2,1-4H3,(H4,15,16,17,18)/t9-,10-/m0/s1. The molecule has 1 amide bonds. The summed E-state index contributed by atoms with van der Waals surface area (Å²) in [5.74, 6) is 1.02. The molecular weight excluding hydrogens is 286 g/mol. The van der Waals surface area contributed by atoms with Gasteiger partial charge in [0.05, 0.1) is 5.75 Å². The average molecular weight is 311 g/mol. The molecule has 0 fully saturated rings. The highest BCUT2D eigenvalue weighted by molar-refractivity contribution is 7.99. The van der Waals surface area contributed by atoms with Gasteiger partial charge in [0.2, 0.25) is 5.91 Å². The number of hydrogen-bond acceptors (Lipinski definition) is 6. The van der Waals surface area contributed by atoms with Crippen LogP contribution in [0.2, 0.25) is 0 Å². The van der Waals surface area contributed by atoms with Crippen molar-refractivity contribution < 1.29 is 4.79 Å². The predicted octanol–water partition coefficient (Wildman–Crippen LogP) is 2.16. The minimum Gasteiger partial charge on any atom is -0.383 e. The molecule has 0 unspecified atom stereocenters. The van der Waals surface area contributed by atoms with Gasteiger partial charge in [-0.25, -0.2) is 9.97 Å². The SMILES string of the molecule is CC[C@H](C)N(C(=O)CSc1nc(N)cc(N)n1)[C@@H](C)CC. The Kier molecular flexibility index (Phi) is 6.74. The smallest absolute Gasteiger partial charge is 0.233 e. The third-order valence-corrected chi connectivity index (χ3v) is 4.32. The molecular formula is C14H25N5OS. The van der Waals surface area contributed by atoms with Crippen LogP contribution in [0.5, 0.6) is 0 Å². The molecule has 1 aromatic rings. The second-order valence-electron chi connectivity index (χ2n) is 5.10. The maximum absolute atomic E-state index is 12.5. The van der Waals surface area contributed by atoms with Crippen molar-refractivity contribution in [3.8, 4) is 0 Å². The molecule has 118 valence electrons. The van der Waals surface area contributed by atoms with Gasteiger partial charge in [-0.2, -0.15) is 0 Å². The van der Waals surface area contributed by atoms with Crippen LogP contribution in [0.1, 0.15) is 40.5 Å². The Bertz CT molecular complexity index is 452. The summed E-state index contributed by atoms with van der Waals surface area (Å²) in [6.07, 6.45) is 1.87. The Balaban J connectivity index is 2.73. The van der Waals surface area contributed by atoms with E-state index in [0.29, 0.717) is 16.8 Å². The van der Waals surface area contributed by atoms with Crippen LogP contribution in [0, 0.1) is 0 Å². The van der Waals surface area contributed by atoms with Gasteiger partial charge in [-0.15, -0.1) is 0 Å². The van der Waals surface area contributed by atoms with Crippen molar-refractivity contribution in [1.82, 2.24) is 14.9 Å². The molecule has 2 atom stereocenters. The van der Waals surface area contributed by atoms with Gasteiger partial charge in [0.1, 0.15) is 11.6 Å². The van der Waals surface area contributed by atoms with E-state index >= 15 is 0 Å². The van der Waals surface area contributed by atoms with E-state index in [4.69, 9.17) is 11.5 Å². The summed E-state index contributed by atoms with van der Waals surface area (Å²) in [5.41, 5.74) is 11.3. The Morgan fingerprint density at radius 2 is 1.67 bits per heavy atom. The highest BCUT2D eigenvalue weighted by atomic mass is 32.2. The van der Waals surface area contributed by atoms with Crippen LogP contribution < -0.4 is 11.5 Å². The molecule has 1 aromatic heterocycles. The Morgan fingerprint density at radius 1 is 1.19 bits per heavy atom. The summed E-state index contributed by atoms with van der Waals surface area (Å²) < 4.78 is 0. The first-order chi connectivity index (χ1) is 9.88. The number of nitrogens with two attached hydrogens (primary N) is 2. The molecule has 0 saturated carbocycles. The fourth-order valence-electron chi connectivity index (χ4n) is 2.05. The molecule has 21 heavy (non-hydrogen) atoms. The number of hydrogen-bond donors (Lipinski definition) is 2. The number of rotatable bonds is 7. The largest absolute Gasteiger partial charge is 0.383 e. The molecule has 1 rings (SSSR count). The number of anilines is 2. The van der Waals surface area contributed by atoms with E-state index < -0.39 is 0 Å². The second-order valence-corrected chi connectivity index (χ2v) is 6.05. The lowest BCUT2D eigenvalue weighted by atomic mass is 10.1. The lowest BCUT2D eigenvalue weighted by molar-refractivity contribution is -0.132. The van der Waals surface area contributed by atoms with Crippen molar-refractivity contribution in [2.24, 2.45) is 0 Å². The number of nitrogen functional groups attached to an aromatic ring is 2. The summed E-state index contributed by atoms with van der Waals surface area (Å²) in [6.45, 7) is 8.32. The third-order valence-electron chi connectivity index (χ3n) is 3.49. The van der Waals surface area contributed by atoms with Crippen molar-refractivity contribution in [2.45, 2.75) is 57.8 Å². The zero-order valence-electron chi connectivity index (χ0n) is 13.2. The van der Waals surface area contributed by atoms with Crippen LogP contribution in [0.4, 0.5) is 11.6 Å². The quantitative estimate of drug-likeness (QED) is 0.591. The monoisotopic (exact) mass is 311 g/mol. The van der Waals surface area contributed by atoms with Gasteiger partial charge >= 0.3 is 0 Å². The Morgan fingerprint density at radius 3 is 2.10 bits per heavy atom. The number of thioether (sulfide) groups is 1. The van der Waals surface area contributed by atoms with E-state index in [1.54, 1.807) is 0 Å². The van der Waals surface area contributed by atoms with E-state index in [1.807, 2.05) is 4.90 Å². The van der Waals surface area contributed by atoms with Crippen molar-refractivity contribution in [3.63, 3.8) is 0 Å². The van der Waals surface area contributed by atoms with Crippen LogP contribution in [0.15, 0.2) is 11.2 Å². The Labute approximate surface area is 130 Å². The number of nitrogens with zero attached hydrogens (tertiary/aromatic N) is 3. The second kappa shape index (κ2) is 8.07. The fraction of sp³-hybridized carbons (Fsp3) is 0.643. The fourth-order valence-corrected chi connectivity index (χ4v) is 2.79. The molecule has 0 bridgehead atoms. The zero-order chi connectivity index (χ0) is 16.0. The first-order valence-corrected chi connectivity index (χ1v) is 8.21. The normalized spacial score (nSPS) is 13.7. The van der Waals surface area contributed by atoms with Gasteiger partial charge in [-0.05, 0) is 26.7 Å². The van der Waals surface area contributed by atoms with Gasteiger partial charge in [0.25, 0.3) is 0 Å². The zero-order valence-corrected chi connectivity index (χ0v) is 14.0. The molecule has 4 N–H and O–H groups in total. The maximum Gasteiger partial charge on any atom is 0.233 e. The first-order valence-electron chi connectivity index (χ1n) is 7.23. The summed E-state index contributed by atoms with van der Waals surface area (Å²) in [6, 6.07) is 1.94. The molecule has 0 radical (unpaired) electrons. The van der Waals surface area contributed by atoms with Gasteiger partial charge < -0.3 is 16.4 Å². The first kappa shape index (κ1) is 17.6. The topological polar surface area (TPSA) is 98.1 Å². The molecule has 6 nitrogen and oxygen atoms in total. The molecule has 0 aliphatic rings. The molecule has 0 aliphatic carbocycles. The van der Waals surface area contributed by atoms with Crippen LogP contribution in [0.3, 0.4) is 0 Å². The van der Waals surface area contributed by atoms with Crippen molar-refractivity contribution in [3.05, 3.63) is 6.07 Å². The van der Waals surface area contributed by atoms with Gasteiger partial charge in [-0.3, -0.25) is 4.79 Å². The van der Waals surface area contributed by atoms with E-state index in [-0.39, 0.29) is 23.7 Å². The lowest BCUT2D eigenvalue weighted by Crippen LogP contribution is -2.45. The summed E-state index contributed by atoms with van der Waals surface area (Å²) in [4.78, 5) is 22.6. The predicted molar refractivity (Wildman–Crippen MR) is 87.9 cm³/mol. The van der Waals surface area contributed by atoms with E-state index in [9.17, 15) is 4.79 Å². The molecule has 1 heterocycles. The molecule has 7 heteroatoms. The number of carbonyl (C=O) groups excluding carboxylic acids is 1. The third kappa shape index (κ3) is 5.08. The van der Waals surface area contributed by atoms with E-state index in [1.165, 1.54) is 17.8 Å². The van der Waals surface area contributed by atoms with Crippen LogP contribution in [-0.4, -0.2) is 38.6 Å². The van der Waals surface area contributed by atoms with Crippen LogP contribution in [-0.2, 0) is 4.79 Å². The highest BCUT2D eigenvalue weighted by Gasteiger charge is 2.23. The molecule has 0 spiro atoms. The number of carbonyl (C=O) groups is 1. The van der Waals surface area contributed by atoms with Crippen molar-refractivity contribution in [1.29, 1.82) is 0 Å². The molecule has 0 aromatic carbocycles. The number of amides is 1. The summed E-state index contributed by atoms with van der Waals surface area (Å²) >= 11 is 1.27. The molecule has 0 aliphatic heterocycles. The minimum absolute atomic E-state index is 0.0910. The van der Waals surface area contributed by atoms with Crippen molar-refractivity contribution in [2.75, 3.05) is 17.2 Å². The number of aromatic nitrogens is 2. The van der Waals surface area contributed by atoms with Gasteiger partial charge in [0, 0.05) is 18.2 Å². The lowest BCUT2D eigenvalue weighted by Gasteiger charge is -2.34. The van der Waals surface area contributed by atoms with E-state index in [0.717, 1.165) is 12.8 Å². The van der Waals surface area contributed by atoms with Crippen molar-refractivity contribution >= 4 is 29.3 Å². The maximum atomic E-state index is 12.5. The van der Waals surface area contributed by atoms with Gasteiger partial charge in [-0.1, -0.05) is 25.6 Å². The summed E-state index contributed by atoms with van der Waals surface area (Å²) in [7, 11) is 0. The van der Waals surface area contributed by atoms with E-state index in [2.05, 4.69) is 37.7 Å². The van der Waals surface area contributed by atoms with Crippen LogP contribution in [0.25, 0.3) is 0 Å². The summed E-state index contributed by atoms with van der Waals surface area (Å²) in [5, 5.41) is 0.439. The average Bonchev–Trinajstić information content (AvgIpc) is 2.43.